The Morgan fingerprint density at radius 2 is 1.43 bits per heavy atom. The highest BCUT2D eigenvalue weighted by Gasteiger charge is 2.21. The predicted octanol–water partition coefficient (Wildman–Crippen LogP) is 0.508. The standard InChI is InChI=1S/CHF3O2S/c2-1(3)7(4,5)6/h1H. The van der Waals surface area contributed by atoms with E-state index < -0.39 is 16.0 Å². The van der Waals surface area contributed by atoms with Crippen LogP contribution in [-0.4, -0.2) is 14.2 Å². The van der Waals surface area contributed by atoms with Gasteiger partial charge in [0, 0.05) is 0 Å². The first-order chi connectivity index (χ1) is 2.94. The van der Waals surface area contributed by atoms with Crippen LogP contribution >= 0.6 is 0 Å². The first-order valence-electron chi connectivity index (χ1n) is 1.16. The molecule has 0 heterocycles. The third-order valence-corrected chi connectivity index (χ3v) is 0.638. The van der Waals surface area contributed by atoms with Gasteiger partial charge in [-0.25, -0.2) is 0 Å². The van der Waals surface area contributed by atoms with E-state index in [2.05, 4.69) is 0 Å². The maximum atomic E-state index is 10.7. The van der Waals surface area contributed by atoms with Crippen LogP contribution in [0.5, 0.6) is 0 Å². The highest BCUT2D eigenvalue weighted by Crippen LogP contribution is 2.04. The molecule has 0 aromatic carbocycles. The van der Waals surface area contributed by atoms with Gasteiger partial charge in [0.25, 0.3) is 0 Å². The molecule has 0 aliphatic heterocycles. The Kier molecular flexibility index (Phi) is 1.63. The lowest BCUT2D eigenvalue weighted by Gasteiger charge is -1.83. The Morgan fingerprint density at radius 3 is 1.43 bits per heavy atom. The molecule has 0 atom stereocenters. The van der Waals surface area contributed by atoms with E-state index in [9.17, 15) is 12.7 Å². The molecular formula is CHF3O2S. The topological polar surface area (TPSA) is 34.1 Å². The summed E-state index contributed by atoms with van der Waals surface area (Å²) in [4.78, 5) is 0. The zero-order chi connectivity index (χ0) is 6.08. The fourth-order valence-corrected chi connectivity index (χ4v) is 0. The Morgan fingerprint density at radius 1 is 1.29 bits per heavy atom. The second kappa shape index (κ2) is 1.69. The molecule has 0 spiro atoms. The van der Waals surface area contributed by atoms with Gasteiger partial charge in [-0.2, -0.15) is 17.2 Å². The Hall–Kier alpha value is -0.260. The number of alkyl halides is 2. The van der Waals surface area contributed by atoms with Crippen molar-refractivity contribution in [3.05, 3.63) is 0 Å². The normalized spacial score (nSPS) is 12.6. The molecule has 7 heavy (non-hydrogen) atoms. The second-order valence-corrected chi connectivity index (χ2v) is 2.04. The summed E-state index contributed by atoms with van der Waals surface area (Å²) in [5.41, 5.74) is 0. The van der Waals surface area contributed by atoms with E-state index in [0.717, 1.165) is 0 Å². The van der Waals surface area contributed by atoms with Crippen LogP contribution in [0.1, 0.15) is 0 Å². The second-order valence-electron chi connectivity index (χ2n) is 0.736. The van der Waals surface area contributed by atoms with E-state index in [4.69, 9.17) is 8.42 Å². The molecule has 0 amide bonds. The molecule has 0 unspecified atom stereocenters. The summed E-state index contributed by atoms with van der Waals surface area (Å²) in [7, 11) is -5.57. The van der Waals surface area contributed by atoms with Gasteiger partial charge >= 0.3 is 16.0 Å². The Labute approximate surface area is 38.2 Å². The molecule has 44 valence electrons. The third kappa shape index (κ3) is 2.44. The molecule has 0 fully saturated rings. The van der Waals surface area contributed by atoms with Crippen molar-refractivity contribution in [1.29, 1.82) is 0 Å². The third-order valence-electron chi connectivity index (χ3n) is 0.213. The van der Waals surface area contributed by atoms with Gasteiger partial charge in [0.15, 0.2) is 0 Å². The Balaban J connectivity index is 4.10. The number of hydrogen-bond donors (Lipinski definition) is 0. The van der Waals surface area contributed by atoms with E-state index in [1.54, 1.807) is 0 Å². The summed E-state index contributed by atoms with van der Waals surface area (Å²) < 4.78 is 49.7. The van der Waals surface area contributed by atoms with Crippen molar-refractivity contribution in [2.75, 3.05) is 0 Å². The summed E-state index contributed by atoms with van der Waals surface area (Å²) in [6.07, 6.45) is 0. The van der Waals surface area contributed by atoms with Crippen LogP contribution in [0, 0.1) is 0 Å². The quantitative estimate of drug-likeness (QED) is 0.489. The summed E-state index contributed by atoms with van der Waals surface area (Å²) in [6, 6.07) is 0. The van der Waals surface area contributed by atoms with Crippen molar-refractivity contribution in [3.63, 3.8) is 0 Å². The zero-order valence-electron chi connectivity index (χ0n) is 2.94. The molecule has 2 nitrogen and oxygen atoms in total. The van der Waals surface area contributed by atoms with Crippen LogP contribution in [0.3, 0.4) is 0 Å². The van der Waals surface area contributed by atoms with Crippen molar-refractivity contribution < 1.29 is 21.1 Å². The van der Waals surface area contributed by atoms with E-state index in [1.165, 1.54) is 0 Å². The highest BCUT2D eigenvalue weighted by atomic mass is 32.3. The fourth-order valence-electron chi connectivity index (χ4n) is 0. The Bertz CT molecular complexity index is 135. The zero-order valence-corrected chi connectivity index (χ0v) is 3.75. The molecule has 0 bridgehead atoms. The first-order valence-corrected chi connectivity index (χ1v) is 2.61. The van der Waals surface area contributed by atoms with Crippen LogP contribution in [-0.2, 0) is 10.2 Å². The summed E-state index contributed by atoms with van der Waals surface area (Å²) >= 11 is 0. The highest BCUT2D eigenvalue weighted by molar-refractivity contribution is 7.86. The molecule has 0 radical (unpaired) electrons. The number of halogens is 3. The van der Waals surface area contributed by atoms with Crippen LogP contribution < -0.4 is 0 Å². The monoisotopic (exact) mass is 134 g/mol. The van der Waals surface area contributed by atoms with Gasteiger partial charge in [-0.15, -0.1) is 0 Å². The van der Waals surface area contributed by atoms with Crippen LogP contribution in [0.15, 0.2) is 0 Å². The van der Waals surface area contributed by atoms with Crippen molar-refractivity contribution in [1.82, 2.24) is 0 Å². The summed E-state index contributed by atoms with van der Waals surface area (Å²) in [5, 5.41) is 0. The molecule has 0 N–H and O–H groups in total. The van der Waals surface area contributed by atoms with Gasteiger partial charge < -0.3 is 0 Å². The van der Waals surface area contributed by atoms with Crippen LogP contribution in [0.4, 0.5) is 12.7 Å². The first kappa shape index (κ1) is 6.74. The van der Waals surface area contributed by atoms with Gasteiger partial charge in [0.05, 0.1) is 0 Å². The van der Waals surface area contributed by atoms with Crippen molar-refractivity contribution in [2.24, 2.45) is 0 Å². The van der Waals surface area contributed by atoms with Crippen molar-refractivity contribution in [2.45, 2.75) is 5.76 Å². The van der Waals surface area contributed by atoms with Gasteiger partial charge in [0.2, 0.25) is 0 Å². The van der Waals surface area contributed by atoms with Gasteiger partial charge in [-0.05, 0) is 0 Å². The maximum absolute atomic E-state index is 10.7. The average molecular weight is 134 g/mol. The minimum absolute atomic E-state index is 3.90. The minimum atomic E-state index is -5.57. The minimum Gasteiger partial charge on any atom is -0.189 e. The molecular weight excluding hydrogens is 133 g/mol. The van der Waals surface area contributed by atoms with Crippen molar-refractivity contribution in [3.8, 4) is 0 Å². The molecule has 0 aliphatic rings. The van der Waals surface area contributed by atoms with Gasteiger partial charge in [-0.1, -0.05) is 3.89 Å². The van der Waals surface area contributed by atoms with Crippen molar-refractivity contribution >= 4 is 10.2 Å². The predicted molar refractivity (Wildman–Crippen MR) is 16.0 cm³/mol. The maximum Gasteiger partial charge on any atom is 0.365 e. The van der Waals surface area contributed by atoms with Gasteiger partial charge in [-0.3, -0.25) is 0 Å². The molecule has 0 rings (SSSR count). The SMILES string of the molecule is O=S(=O)(F)C(F)F. The largest absolute Gasteiger partial charge is 0.365 e. The van der Waals surface area contributed by atoms with Crippen LogP contribution in [0.25, 0.3) is 0 Å². The van der Waals surface area contributed by atoms with E-state index in [0.29, 0.717) is 0 Å². The van der Waals surface area contributed by atoms with E-state index >= 15 is 0 Å². The fraction of sp³-hybridized carbons (Fsp3) is 1.00. The summed E-state index contributed by atoms with van der Waals surface area (Å²) in [6.45, 7) is 0. The molecule has 0 aliphatic carbocycles. The number of rotatable bonds is 1. The lowest BCUT2D eigenvalue weighted by atomic mass is 11.7. The average Bonchev–Trinajstić information content (AvgIpc) is 1.31. The molecule has 0 aromatic rings. The molecule has 0 saturated heterocycles. The smallest absolute Gasteiger partial charge is 0.189 e. The van der Waals surface area contributed by atoms with Crippen LogP contribution in [0.2, 0.25) is 0 Å². The van der Waals surface area contributed by atoms with E-state index in [-0.39, 0.29) is 0 Å². The number of hydrogen-bond acceptors (Lipinski definition) is 2. The lowest BCUT2D eigenvalue weighted by Crippen LogP contribution is -2.02. The molecule has 0 saturated carbocycles. The molecule has 0 aromatic heterocycles. The summed E-state index contributed by atoms with van der Waals surface area (Å²) in [5.74, 6) is -3.90. The lowest BCUT2D eigenvalue weighted by molar-refractivity contribution is 0.226. The van der Waals surface area contributed by atoms with Gasteiger partial charge in [0.1, 0.15) is 0 Å². The molecule has 6 heteroatoms. The van der Waals surface area contributed by atoms with E-state index in [1.807, 2.05) is 0 Å².